The molecule has 0 amide bonds. The second kappa shape index (κ2) is 6.20. The lowest BCUT2D eigenvalue weighted by Gasteiger charge is -2.09. The van der Waals surface area contributed by atoms with Crippen molar-refractivity contribution in [2.24, 2.45) is 0 Å². The van der Waals surface area contributed by atoms with E-state index < -0.39 is 11.8 Å². The van der Waals surface area contributed by atoms with Crippen LogP contribution in [0.1, 0.15) is 5.56 Å². The van der Waals surface area contributed by atoms with Crippen LogP contribution >= 0.6 is 15.9 Å². The van der Waals surface area contributed by atoms with Crippen LogP contribution < -0.4 is 4.74 Å². The largest absolute Gasteiger partial charge is 0.485 e. The molecule has 17 heavy (non-hydrogen) atoms. The molecule has 1 aromatic rings. The Hall–Kier alpha value is -1.62. The average Bonchev–Trinajstić information content (AvgIpc) is 2.24. The molecular formula is C12H10BrFO3. The molecule has 0 atom stereocenters. The number of para-hydroxylation sites is 1. The maximum absolute atomic E-state index is 13.5. The molecule has 5 heteroatoms. The molecule has 0 saturated heterocycles. The van der Waals surface area contributed by atoms with Crippen LogP contribution in [0.15, 0.2) is 35.3 Å². The molecule has 0 saturated carbocycles. The quantitative estimate of drug-likeness (QED) is 0.849. The highest BCUT2D eigenvalue weighted by atomic mass is 79.9. The van der Waals surface area contributed by atoms with Crippen LogP contribution in [0.2, 0.25) is 0 Å². The van der Waals surface area contributed by atoms with Gasteiger partial charge in [0.15, 0.2) is 11.6 Å². The minimum Gasteiger partial charge on any atom is -0.485 e. The van der Waals surface area contributed by atoms with E-state index in [9.17, 15) is 9.18 Å². The van der Waals surface area contributed by atoms with Gasteiger partial charge in [0.05, 0.1) is 0 Å². The van der Waals surface area contributed by atoms with Crippen molar-refractivity contribution >= 4 is 28.0 Å². The predicted molar refractivity (Wildman–Crippen MR) is 66.6 cm³/mol. The molecule has 1 rings (SSSR count). The molecule has 0 aliphatic heterocycles. The Kier molecular flexibility index (Phi) is 4.90. The Morgan fingerprint density at radius 2 is 2.29 bits per heavy atom. The van der Waals surface area contributed by atoms with Crippen LogP contribution in [-0.2, 0) is 4.79 Å². The van der Waals surface area contributed by atoms with Gasteiger partial charge >= 0.3 is 5.97 Å². The number of aliphatic carboxylic acids is 1. The SMILES string of the molecule is C=C(Br)COc1c(F)cccc1/C=C/C(=O)O. The molecule has 0 aromatic heterocycles. The van der Waals surface area contributed by atoms with Crippen molar-refractivity contribution in [2.45, 2.75) is 0 Å². The lowest BCUT2D eigenvalue weighted by Crippen LogP contribution is -2.00. The van der Waals surface area contributed by atoms with Gasteiger partial charge in [0.1, 0.15) is 6.61 Å². The number of benzene rings is 1. The van der Waals surface area contributed by atoms with Crippen LogP contribution in [0.5, 0.6) is 5.75 Å². The first-order chi connectivity index (χ1) is 8.00. The fourth-order valence-corrected chi connectivity index (χ4v) is 1.24. The Bertz CT molecular complexity index is 469. The Balaban J connectivity index is 2.99. The molecule has 0 unspecified atom stereocenters. The lowest BCUT2D eigenvalue weighted by atomic mass is 10.2. The summed E-state index contributed by atoms with van der Waals surface area (Å²) in [7, 11) is 0. The van der Waals surface area contributed by atoms with Crippen LogP contribution in [0.4, 0.5) is 4.39 Å². The summed E-state index contributed by atoms with van der Waals surface area (Å²) in [6, 6.07) is 4.28. The van der Waals surface area contributed by atoms with Crippen molar-refractivity contribution in [2.75, 3.05) is 6.61 Å². The van der Waals surface area contributed by atoms with E-state index in [1.165, 1.54) is 18.2 Å². The monoisotopic (exact) mass is 300 g/mol. The van der Waals surface area contributed by atoms with Gasteiger partial charge in [-0.25, -0.2) is 9.18 Å². The second-order valence-corrected chi connectivity index (χ2v) is 4.26. The van der Waals surface area contributed by atoms with Gasteiger partial charge in [-0.2, -0.15) is 0 Å². The summed E-state index contributed by atoms with van der Waals surface area (Å²) in [6.45, 7) is 3.67. The Labute approximate surface area is 106 Å². The average molecular weight is 301 g/mol. The van der Waals surface area contributed by atoms with Gasteiger partial charge in [-0.05, 0) is 12.1 Å². The first kappa shape index (κ1) is 13.4. The highest BCUT2D eigenvalue weighted by Crippen LogP contribution is 2.24. The van der Waals surface area contributed by atoms with Gasteiger partial charge in [-0.15, -0.1) is 0 Å². The molecule has 0 radical (unpaired) electrons. The van der Waals surface area contributed by atoms with Gasteiger partial charge in [0.25, 0.3) is 0 Å². The summed E-state index contributed by atoms with van der Waals surface area (Å²) in [4.78, 5) is 10.4. The van der Waals surface area contributed by atoms with E-state index >= 15 is 0 Å². The number of ether oxygens (including phenoxy) is 1. The fraction of sp³-hybridized carbons (Fsp3) is 0.0833. The molecule has 3 nitrogen and oxygen atoms in total. The molecule has 1 aromatic carbocycles. The van der Waals surface area contributed by atoms with E-state index in [1.54, 1.807) is 6.07 Å². The third-order valence-corrected chi connectivity index (χ3v) is 2.00. The smallest absolute Gasteiger partial charge is 0.328 e. The molecule has 0 fully saturated rings. The molecular weight excluding hydrogens is 291 g/mol. The summed E-state index contributed by atoms with van der Waals surface area (Å²) in [5, 5.41) is 8.51. The standard InChI is InChI=1S/C12H10BrFO3/c1-8(13)7-17-12-9(5-6-11(15)16)3-2-4-10(12)14/h2-6H,1,7H2,(H,15,16)/b6-5+. The second-order valence-electron chi connectivity index (χ2n) is 3.14. The maximum atomic E-state index is 13.5. The molecule has 90 valence electrons. The summed E-state index contributed by atoms with van der Waals surface area (Å²) in [5.74, 6) is -1.65. The Morgan fingerprint density at radius 1 is 1.59 bits per heavy atom. The van der Waals surface area contributed by atoms with Gasteiger partial charge < -0.3 is 9.84 Å². The summed E-state index contributed by atoms with van der Waals surface area (Å²) < 4.78 is 19.2. The van der Waals surface area contributed by atoms with Crippen molar-refractivity contribution in [1.29, 1.82) is 0 Å². The topological polar surface area (TPSA) is 46.5 Å². The van der Waals surface area contributed by atoms with Crippen LogP contribution in [-0.4, -0.2) is 17.7 Å². The molecule has 0 heterocycles. The highest BCUT2D eigenvalue weighted by molar-refractivity contribution is 9.11. The van der Waals surface area contributed by atoms with Crippen molar-refractivity contribution in [3.05, 3.63) is 46.7 Å². The van der Waals surface area contributed by atoms with E-state index in [2.05, 4.69) is 22.5 Å². The van der Waals surface area contributed by atoms with Gasteiger partial charge in [-0.1, -0.05) is 34.6 Å². The number of halogens is 2. The van der Waals surface area contributed by atoms with E-state index in [-0.39, 0.29) is 12.4 Å². The minimum atomic E-state index is -1.11. The molecule has 0 bridgehead atoms. The minimum absolute atomic E-state index is 0.00519. The van der Waals surface area contributed by atoms with Crippen LogP contribution in [0, 0.1) is 5.82 Å². The third kappa shape index (κ3) is 4.40. The first-order valence-electron chi connectivity index (χ1n) is 4.66. The van der Waals surface area contributed by atoms with Gasteiger partial charge in [0, 0.05) is 16.1 Å². The number of carbonyl (C=O) groups is 1. The number of hydrogen-bond acceptors (Lipinski definition) is 2. The summed E-state index contributed by atoms with van der Waals surface area (Å²) >= 11 is 3.09. The van der Waals surface area contributed by atoms with Gasteiger partial charge in [-0.3, -0.25) is 0 Å². The lowest BCUT2D eigenvalue weighted by molar-refractivity contribution is -0.131. The number of rotatable bonds is 5. The number of hydrogen-bond donors (Lipinski definition) is 1. The van der Waals surface area contributed by atoms with Gasteiger partial charge in [0.2, 0.25) is 0 Å². The first-order valence-corrected chi connectivity index (χ1v) is 5.45. The van der Waals surface area contributed by atoms with Crippen LogP contribution in [0.3, 0.4) is 0 Å². The van der Waals surface area contributed by atoms with Crippen molar-refractivity contribution < 1.29 is 19.0 Å². The van der Waals surface area contributed by atoms with E-state index in [1.807, 2.05) is 0 Å². The zero-order valence-electron chi connectivity index (χ0n) is 8.82. The molecule has 0 aliphatic carbocycles. The fourth-order valence-electron chi connectivity index (χ4n) is 1.12. The van der Waals surface area contributed by atoms with E-state index in [4.69, 9.17) is 9.84 Å². The maximum Gasteiger partial charge on any atom is 0.328 e. The molecule has 0 spiro atoms. The predicted octanol–water partition coefficient (Wildman–Crippen LogP) is 3.21. The zero-order valence-corrected chi connectivity index (χ0v) is 10.4. The van der Waals surface area contributed by atoms with Crippen molar-refractivity contribution in [1.82, 2.24) is 0 Å². The third-order valence-electron chi connectivity index (χ3n) is 1.78. The normalized spacial score (nSPS) is 10.5. The van der Waals surface area contributed by atoms with Crippen LogP contribution in [0.25, 0.3) is 6.08 Å². The van der Waals surface area contributed by atoms with Crippen molar-refractivity contribution in [3.8, 4) is 5.75 Å². The van der Waals surface area contributed by atoms with E-state index in [0.717, 1.165) is 6.08 Å². The molecule has 0 aliphatic rings. The van der Waals surface area contributed by atoms with E-state index in [0.29, 0.717) is 10.0 Å². The summed E-state index contributed by atoms with van der Waals surface area (Å²) in [6.07, 6.45) is 2.20. The highest BCUT2D eigenvalue weighted by Gasteiger charge is 2.08. The zero-order chi connectivity index (χ0) is 12.8. The number of carboxylic acid groups (broad SMARTS) is 1. The Morgan fingerprint density at radius 3 is 2.88 bits per heavy atom. The number of carboxylic acids is 1. The van der Waals surface area contributed by atoms with Crippen molar-refractivity contribution in [3.63, 3.8) is 0 Å². The molecule has 1 N–H and O–H groups in total. The summed E-state index contributed by atoms with van der Waals surface area (Å²) in [5.41, 5.74) is 0.362.